The fourth-order valence-corrected chi connectivity index (χ4v) is 6.79. The van der Waals surface area contributed by atoms with Crippen molar-refractivity contribution in [1.82, 2.24) is 14.7 Å². The summed E-state index contributed by atoms with van der Waals surface area (Å²) in [4.78, 5) is 26.6. The van der Waals surface area contributed by atoms with E-state index in [0.29, 0.717) is 34.7 Å². The second-order valence-corrected chi connectivity index (χ2v) is 12.7. The molecule has 0 spiro atoms. The first-order valence-electron chi connectivity index (χ1n) is 15.0. The molecule has 1 amide bonds. The number of rotatable bonds is 7. The maximum absolute atomic E-state index is 13.3. The van der Waals surface area contributed by atoms with Gasteiger partial charge in [-0.3, -0.25) is 9.48 Å². The van der Waals surface area contributed by atoms with E-state index in [1.807, 2.05) is 29.2 Å². The zero-order chi connectivity index (χ0) is 30.4. The van der Waals surface area contributed by atoms with Crippen molar-refractivity contribution in [2.45, 2.75) is 43.6 Å². The van der Waals surface area contributed by atoms with Crippen LogP contribution < -0.4 is 0 Å². The van der Waals surface area contributed by atoms with Gasteiger partial charge in [0.25, 0.3) is 5.91 Å². The number of carboxylic acids is 1. The van der Waals surface area contributed by atoms with Crippen LogP contribution >= 0.6 is 23.2 Å². The third kappa shape index (κ3) is 5.60. The number of likely N-dealkylation sites (tertiary alicyclic amines) is 1. The Balaban J connectivity index is 1.22. The van der Waals surface area contributed by atoms with Crippen molar-refractivity contribution in [2.75, 3.05) is 13.1 Å². The molecule has 0 atom stereocenters. The van der Waals surface area contributed by atoms with Crippen molar-refractivity contribution in [1.29, 1.82) is 0 Å². The van der Waals surface area contributed by atoms with Gasteiger partial charge in [-0.05, 0) is 97.0 Å². The van der Waals surface area contributed by atoms with E-state index in [0.717, 1.165) is 42.3 Å². The third-order valence-corrected chi connectivity index (χ3v) is 9.42. The second-order valence-electron chi connectivity index (χ2n) is 11.8. The van der Waals surface area contributed by atoms with Gasteiger partial charge >= 0.3 is 5.97 Å². The highest BCUT2D eigenvalue weighted by Gasteiger charge is 2.34. The summed E-state index contributed by atoms with van der Waals surface area (Å²) in [7, 11) is 0. The highest BCUT2D eigenvalue weighted by atomic mass is 35.5. The molecule has 222 valence electrons. The van der Waals surface area contributed by atoms with Crippen LogP contribution in [0.25, 0.3) is 10.9 Å². The van der Waals surface area contributed by atoms with Crippen LogP contribution in [0.5, 0.6) is 0 Å². The molecule has 44 heavy (non-hydrogen) atoms. The smallest absolute Gasteiger partial charge is 0.335 e. The molecule has 7 rings (SSSR count). The molecule has 8 heteroatoms. The number of piperidine rings is 1. The molecule has 6 nitrogen and oxygen atoms in total. The van der Waals surface area contributed by atoms with Crippen LogP contribution in [0.15, 0.2) is 91.0 Å². The summed E-state index contributed by atoms with van der Waals surface area (Å²) in [6, 6.07) is 29.4. The number of aromatic nitrogens is 2. The Labute approximate surface area is 265 Å². The lowest BCUT2D eigenvalue weighted by Crippen LogP contribution is -2.38. The van der Waals surface area contributed by atoms with Crippen LogP contribution in [-0.2, 0) is 0 Å². The van der Waals surface area contributed by atoms with Crippen LogP contribution in [0.2, 0.25) is 10.0 Å². The van der Waals surface area contributed by atoms with E-state index >= 15 is 0 Å². The molecule has 0 unspecified atom stereocenters. The average Bonchev–Trinajstić information content (AvgIpc) is 3.83. The summed E-state index contributed by atoms with van der Waals surface area (Å²) in [6.07, 6.45) is 3.90. The van der Waals surface area contributed by atoms with E-state index < -0.39 is 5.97 Å². The summed E-state index contributed by atoms with van der Waals surface area (Å²) >= 11 is 12.5. The molecular formula is C36H31Cl2N3O3. The number of aromatic carboxylic acids is 1. The first-order chi connectivity index (χ1) is 21.4. The van der Waals surface area contributed by atoms with E-state index in [2.05, 4.69) is 47.1 Å². The lowest BCUT2D eigenvalue weighted by molar-refractivity contribution is 0.0697. The molecule has 2 aliphatic rings. The van der Waals surface area contributed by atoms with Crippen LogP contribution in [0, 0.1) is 0 Å². The molecule has 1 aromatic heterocycles. The highest BCUT2D eigenvalue weighted by molar-refractivity contribution is 6.30. The number of amides is 1. The van der Waals surface area contributed by atoms with Gasteiger partial charge in [-0.25, -0.2) is 4.79 Å². The maximum Gasteiger partial charge on any atom is 0.335 e. The Morgan fingerprint density at radius 1 is 0.750 bits per heavy atom. The number of carboxylic acid groups (broad SMARTS) is 1. The van der Waals surface area contributed by atoms with E-state index in [4.69, 9.17) is 28.3 Å². The van der Waals surface area contributed by atoms with Crippen molar-refractivity contribution < 1.29 is 14.7 Å². The number of carbonyl (C=O) groups is 2. The van der Waals surface area contributed by atoms with Gasteiger partial charge in [-0.15, -0.1) is 0 Å². The molecule has 0 bridgehead atoms. The normalized spacial score (nSPS) is 15.7. The molecule has 0 radical (unpaired) electrons. The minimum atomic E-state index is -1.03. The van der Waals surface area contributed by atoms with Gasteiger partial charge in [0.2, 0.25) is 0 Å². The SMILES string of the molecule is O=C(O)c1cccc(C(=O)N2CCC(c3c4cc(C(c5ccc(Cl)cc5)c5ccc(Cl)cc5)ccc4nn3C3CC3)CC2)c1. The number of halogens is 2. The molecule has 1 N–H and O–H groups in total. The zero-order valence-electron chi connectivity index (χ0n) is 24.0. The molecule has 1 saturated carbocycles. The lowest BCUT2D eigenvalue weighted by Gasteiger charge is -2.32. The first kappa shape index (κ1) is 28.6. The highest BCUT2D eigenvalue weighted by Crippen LogP contribution is 2.43. The van der Waals surface area contributed by atoms with E-state index in [9.17, 15) is 14.7 Å². The third-order valence-electron chi connectivity index (χ3n) is 8.92. The van der Waals surface area contributed by atoms with Gasteiger partial charge in [0.15, 0.2) is 0 Å². The van der Waals surface area contributed by atoms with Crippen molar-refractivity contribution in [2.24, 2.45) is 0 Å². The molecule has 4 aromatic carbocycles. The van der Waals surface area contributed by atoms with Crippen molar-refractivity contribution in [3.63, 3.8) is 0 Å². The topological polar surface area (TPSA) is 75.4 Å². The summed E-state index contributed by atoms with van der Waals surface area (Å²) in [5.74, 6) is -0.905. The minimum absolute atomic E-state index is 0.00732. The molecule has 2 heterocycles. The van der Waals surface area contributed by atoms with Gasteiger partial charge < -0.3 is 10.0 Å². The van der Waals surface area contributed by atoms with Crippen molar-refractivity contribution >= 4 is 46.0 Å². The lowest BCUT2D eigenvalue weighted by atomic mass is 9.84. The van der Waals surface area contributed by atoms with Gasteiger partial charge in [-0.1, -0.05) is 59.6 Å². The molecule has 1 aliphatic heterocycles. The van der Waals surface area contributed by atoms with E-state index in [1.165, 1.54) is 28.8 Å². The summed E-state index contributed by atoms with van der Waals surface area (Å²) < 4.78 is 2.26. The predicted molar refractivity (Wildman–Crippen MR) is 173 cm³/mol. The Hall–Kier alpha value is -4.13. The van der Waals surface area contributed by atoms with Gasteiger partial charge in [-0.2, -0.15) is 5.10 Å². The van der Waals surface area contributed by atoms with E-state index in [-0.39, 0.29) is 23.3 Å². The fraction of sp³-hybridized carbons (Fsp3) is 0.250. The molecule has 2 fully saturated rings. The number of benzene rings is 4. The standard InChI is InChI=1S/C36H31Cl2N3O3/c37-28-9-4-22(5-10-28)33(23-6-11-29(38)12-7-23)25-8-15-32-31(21-25)34(41(39-32)30-13-14-30)24-16-18-40(19-17-24)35(42)26-2-1-3-27(20-26)36(43)44/h1-12,15,20-21,24,30,33H,13-14,16-19H2,(H,43,44). The minimum Gasteiger partial charge on any atom is -0.478 e. The first-order valence-corrected chi connectivity index (χ1v) is 15.8. The summed E-state index contributed by atoms with van der Waals surface area (Å²) in [5.41, 5.74) is 6.25. The average molecular weight is 625 g/mol. The predicted octanol–water partition coefficient (Wildman–Crippen LogP) is 8.58. The summed E-state index contributed by atoms with van der Waals surface area (Å²) in [6.45, 7) is 1.21. The second kappa shape index (κ2) is 11.8. The number of hydrogen-bond acceptors (Lipinski definition) is 3. The number of fused-ring (bicyclic) bond motifs is 1. The maximum atomic E-state index is 13.3. The Morgan fingerprint density at radius 3 is 1.93 bits per heavy atom. The molecule has 1 aliphatic carbocycles. The van der Waals surface area contributed by atoms with Crippen LogP contribution in [0.3, 0.4) is 0 Å². The Kier molecular flexibility index (Phi) is 7.65. The number of carbonyl (C=O) groups excluding carboxylic acids is 1. The van der Waals surface area contributed by atoms with E-state index in [1.54, 1.807) is 12.1 Å². The summed E-state index contributed by atoms with van der Waals surface area (Å²) in [5, 5.41) is 17.0. The molecule has 1 saturated heterocycles. The quantitative estimate of drug-likeness (QED) is 0.184. The number of nitrogens with zero attached hydrogens (tertiary/aromatic N) is 3. The Morgan fingerprint density at radius 2 is 1.34 bits per heavy atom. The van der Waals surface area contributed by atoms with Gasteiger partial charge in [0.05, 0.1) is 17.1 Å². The largest absolute Gasteiger partial charge is 0.478 e. The van der Waals surface area contributed by atoms with Crippen molar-refractivity contribution in [3.8, 4) is 0 Å². The molecular weight excluding hydrogens is 593 g/mol. The van der Waals surface area contributed by atoms with Gasteiger partial charge in [0, 0.05) is 51.6 Å². The van der Waals surface area contributed by atoms with Crippen LogP contribution in [0.1, 0.15) is 86.7 Å². The van der Waals surface area contributed by atoms with Gasteiger partial charge in [0.1, 0.15) is 0 Å². The monoisotopic (exact) mass is 623 g/mol. The van der Waals surface area contributed by atoms with Crippen molar-refractivity contribution in [3.05, 3.63) is 135 Å². The fourth-order valence-electron chi connectivity index (χ4n) is 6.54. The number of hydrogen-bond donors (Lipinski definition) is 1. The van der Waals surface area contributed by atoms with Crippen LogP contribution in [-0.4, -0.2) is 44.8 Å². The van der Waals surface area contributed by atoms with Crippen LogP contribution in [0.4, 0.5) is 0 Å². The molecule has 5 aromatic rings. The zero-order valence-corrected chi connectivity index (χ0v) is 25.5. The Bertz CT molecular complexity index is 1810.